The van der Waals surface area contributed by atoms with Gasteiger partial charge in [-0.05, 0) is 42.0 Å². The highest BCUT2D eigenvalue weighted by atomic mass is 79.9. The first-order valence-electron chi connectivity index (χ1n) is 9.85. The van der Waals surface area contributed by atoms with Crippen molar-refractivity contribution in [3.8, 4) is 11.1 Å². The Balaban J connectivity index is 1.56. The lowest BCUT2D eigenvalue weighted by molar-refractivity contribution is -0.137. The first-order valence-corrected chi connectivity index (χ1v) is 11.0. The van der Waals surface area contributed by atoms with Crippen molar-refractivity contribution in [3.63, 3.8) is 0 Å². The third-order valence-corrected chi connectivity index (χ3v) is 5.49. The number of benzene rings is 2. The molecule has 35 heavy (non-hydrogen) atoms. The highest BCUT2D eigenvalue weighted by Crippen LogP contribution is 2.33. The molecule has 180 valence electrons. The number of nitrogens with one attached hydrogen (secondary N) is 2. The molecule has 0 saturated carbocycles. The van der Waals surface area contributed by atoms with Crippen molar-refractivity contribution in [1.29, 1.82) is 0 Å². The SMILES string of the molecule is Nc1ncnn2c(C(=O)CBr)cc(-c3ccc(NC(=O)Nc4cc(C(F)(F)F)ccc4F)cc3)c12. The maximum absolute atomic E-state index is 13.9. The highest BCUT2D eigenvalue weighted by molar-refractivity contribution is 9.09. The molecular weight excluding hydrogens is 536 g/mol. The molecular formula is C22H15BrF4N6O2. The maximum atomic E-state index is 13.9. The Hall–Kier alpha value is -4.00. The van der Waals surface area contributed by atoms with E-state index in [9.17, 15) is 27.2 Å². The average molecular weight is 551 g/mol. The number of hydrogen-bond acceptors (Lipinski definition) is 5. The summed E-state index contributed by atoms with van der Waals surface area (Å²) in [6, 6.07) is 8.70. The first kappa shape index (κ1) is 24.1. The molecule has 8 nitrogen and oxygen atoms in total. The van der Waals surface area contributed by atoms with E-state index < -0.39 is 29.3 Å². The average Bonchev–Trinajstić information content (AvgIpc) is 3.21. The number of carbonyl (C=O) groups is 2. The van der Waals surface area contributed by atoms with E-state index in [1.54, 1.807) is 18.2 Å². The Kier molecular flexibility index (Phi) is 6.43. The highest BCUT2D eigenvalue weighted by Gasteiger charge is 2.31. The van der Waals surface area contributed by atoms with Crippen LogP contribution >= 0.6 is 15.9 Å². The third kappa shape index (κ3) is 4.94. The molecule has 0 aliphatic rings. The van der Waals surface area contributed by atoms with Crippen LogP contribution < -0.4 is 16.4 Å². The summed E-state index contributed by atoms with van der Waals surface area (Å²) in [6.45, 7) is 0. The standard InChI is InChI=1S/C22H15BrF4N6O2/c23-9-18(34)17-8-14(19-20(28)29-10-30-33(17)19)11-1-4-13(5-2-11)31-21(35)32-16-7-12(22(25,26)27)3-6-15(16)24/h1-8,10H,9H2,(H2,28,29,30)(H2,31,32,35). The number of rotatable bonds is 5. The normalized spacial score (nSPS) is 11.5. The van der Waals surface area contributed by atoms with Gasteiger partial charge in [-0.3, -0.25) is 4.79 Å². The molecule has 0 spiro atoms. The minimum atomic E-state index is -4.69. The van der Waals surface area contributed by atoms with Crippen molar-refractivity contribution in [2.24, 2.45) is 0 Å². The molecule has 0 unspecified atom stereocenters. The van der Waals surface area contributed by atoms with E-state index in [1.807, 2.05) is 0 Å². The molecule has 0 atom stereocenters. The van der Waals surface area contributed by atoms with Crippen molar-refractivity contribution < 1.29 is 27.2 Å². The molecule has 4 N–H and O–H groups in total. The summed E-state index contributed by atoms with van der Waals surface area (Å²) in [6.07, 6.45) is -3.46. The van der Waals surface area contributed by atoms with Crippen molar-refractivity contribution in [1.82, 2.24) is 14.6 Å². The van der Waals surface area contributed by atoms with Gasteiger partial charge in [0, 0.05) is 11.3 Å². The molecule has 2 aromatic heterocycles. The molecule has 0 bridgehead atoms. The van der Waals surface area contributed by atoms with Crippen LogP contribution in [0.3, 0.4) is 0 Å². The predicted octanol–water partition coefficient (Wildman–Crippen LogP) is 5.36. The fourth-order valence-electron chi connectivity index (χ4n) is 3.37. The van der Waals surface area contributed by atoms with Gasteiger partial charge in [-0.25, -0.2) is 18.7 Å². The number of alkyl halides is 4. The predicted molar refractivity (Wildman–Crippen MR) is 125 cm³/mol. The fraction of sp³-hybridized carbons (Fsp3) is 0.0909. The number of ketones is 1. The zero-order valence-corrected chi connectivity index (χ0v) is 19.1. The summed E-state index contributed by atoms with van der Waals surface area (Å²) in [7, 11) is 0. The largest absolute Gasteiger partial charge is 0.416 e. The first-order chi connectivity index (χ1) is 16.6. The maximum Gasteiger partial charge on any atom is 0.416 e. The summed E-state index contributed by atoms with van der Waals surface area (Å²) < 4.78 is 53.9. The molecule has 4 aromatic rings. The second-order valence-corrected chi connectivity index (χ2v) is 7.82. The molecule has 2 heterocycles. The van der Waals surface area contributed by atoms with Crippen LogP contribution in [0.25, 0.3) is 16.6 Å². The van der Waals surface area contributed by atoms with Crippen LogP contribution in [-0.2, 0) is 6.18 Å². The van der Waals surface area contributed by atoms with Gasteiger partial charge in [0.2, 0.25) is 0 Å². The van der Waals surface area contributed by atoms with Crippen LogP contribution in [0.15, 0.2) is 54.9 Å². The van der Waals surface area contributed by atoms with E-state index in [0.717, 1.165) is 0 Å². The van der Waals surface area contributed by atoms with Gasteiger partial charge in [0.1, 0.15) is 23.4 Å². The van der Waals surface area contributed by atoms with Gasteiger partial charge in [-0.1, -0.05) is 28.1 Å². The van der Waals surface area contributed by atoms with Crippen molar-refractivity contribution >= 4 is 50.5 Å². The number of carbonyl (C=O) groups excluding carboxylic acids is 2. The minimum absolute atomic E-state index is 0.0763. The Labute approximate surface area is 203 Å². The number of nitrogen functional groups attached to an aromatic ring is 1. The second kappa shape index (κ2) is 9.33. The van der Waals surface area contributed by atoms with Crippen LogP contribution in [0.1, 0.15) is 16.1 Å². The zero-order valence-electron chi connectivity index (χ0n) is 17.5. The molecule has 4 rings (SSSR count). The summed E-state index contributed by atoms with van der Waals surface area (Å²) in [5, 5.41) is 8.67. The molecule has 13 heteroatoms. The van der Waals surface area contributed by atoms with Crippen LogP contribution in [0, 0.1) is 5.82 Å². The number of nitrogens with zero attached hydrogens (tertiary/aromatic N) is 3. The van der Waals surface area contributed by atoms with E-state index in [0.29, 0.717) is 40.5 Å². The number of halogens is 5. The number of hydrogen-bond donors (Lipinski definition) is 3. The van der Waals surface area contributed by atoms with Crippen LogP contribution in [0.2, 0.25) is 0 Å². The summed E-state index contributed by atoms with van der Waals surface area (Å²) in [5.41, 5.74) is 6.51. The number of nitrogens with two attached hydrogens (primary N) is 1. The summed E-state index contributed by atoms with van der Waals surface area (Å²) in [4.78, 5) is 28.5. The summed E-state index contributed by atoms with van der Waals surface area (Å²) in [5.74, 6) is -1.08. The van der Waals surface area contributed by atoms with E-state index in [-0.39, 0.29) is 22.6 Å². The monoisotopic (exact) mass is 550 g/mol. The van der Waals surface area contributed by atoms with Crippen molar-refractivity contribution in [2.75, 3.05) is 21.7 Å². The Bertz CT molecular complexity index is 1440. The number of fused-ring (bicyclic) bond motifs is 1. The Morgan fingerprint density at radius 2 is 1.77 bits per heavy atom. The molecule has 0 saturated heterocycles. The third-order valence-electron chi connectivity index (χ3n) is 4.99. The zero-order chi connectivity index (χ0) is 25.3. The molecule has 2 aromatic carbocycles. The van der Waals surface area contributed by atoms with E-state index >= 15 is 0 Å². The van der Waals surface area contributed by atoms with Gasteiger partial charge in [-0.2, -0.15) is 18.3 Å². The van der Waals surface area contributed by atoms with Gasteiger partial charge in [-0.15, -0.1) is 0 Å². The van der Waals surface area contributed by atoms with Gasteiger partial charge in [0.15, 0.2) is 11.6 Å². The molecule has 0 aliphatic heterocycles. The van der Waals surface area contributed by atoms with Crippen molar-refractivity contribution in [2.45, 2.75) is 6.18 Å². The number of anilines is 3. The van der Waals surface area contributed by atoms with Gasteiger partial charge < -0.3 is 16.4 Å². The Morgan fingerprint density at radius 1 is 1.06 bits per heavy atom. The van der Waals surface area contributed by atoms with E-state index in [1.165, 1.54) is 23.0 Å². The second-order valence-electron chi connectivity index (χ2n) is 7.25. The van der Waals surface area contributed by atoms with Crippen LogP contribution in [-0.4, -0.2) is 31.7 Å². The van der Waals surface area contributed by atoms with Crippen molar-refractivity contribution in [3.05, 3.63) is 71.9 Å². The minimum Gasteiger partial charge on any atom is -0.382 e. The smallest absolute Gasteiger partial charge is 0.382 e. The number of Topliss-reactive ketones (excluding diaryl/α,β-unsaturated/α-hetero) is 1. The van der Waals surface area contributed by atoms with Gasteiger partial charge in [0.25, 0.3) is 0 Å². The van der Waals surface area contributed by atoms with Crippen LogP contribution in [0.5, 0.6) is 0 Å². The van der Waals surface area contributed by atoms with Gasteiger partial charge >= 0.3 is 12.2 Å². The fourth-order valence-corrected chi connectivity index (χ4v) is 3.66. The topological polar surface area (TPSA) is 114 Å². The molecule has 0 radical (unpaired) electrons. The van der Waals surface area contributed by atoms with Gasteiger partial charge in [0.05, 0.1) is 16.6 Å². The van der Waals surface area contributed by atoms with E-state index in [4.69, 9.17) is 5.73 Å². The Morgan fingerprint density at radius 3 is 2.43 bits per heavy atom. The van der Waals surface area contributed by atoms with E-state index in [2.05, 4.69) is 36.6 Å². The lowest BCUT2D eigenvalue weighted by atomic mass is 10.1. The number of aromatic nitrogens is 3. The molecule has 0 aliphatic carbocycles. The lowest BCUT2D eigenvalue weighted by Crippen LogP contribution is -2.20. The number of amides is 2. The quantitative estimate of drug-likeness (QED) is 0.176. The number of urea groups is 1. The molecule has 2 amide bonds. The summed E-state index contributed by atoms with van der Waals surface area (Å²) >= 11 is 3.13. The lowest BCUT2D eigenvalue weighted by Gasteiger charge is -2.12. The van der Waals surface area contributed by atoms with Crippen LogP contribution in [0.4, 0.5) is 39.5 Å². The molecule has 0 fully saturated rings.